The molecule has 0 aromatic carbocycles. The third-order valence-corrected chi connectivity index (χ3v) is 5.10. The molecule has 1 amide bonds. The standard InChI is InChI=1S/C19H37N5O3/c1-5-27-19(25)22-16(12-15(2)3)13-21-18(20-4)24-7-6-17(14-24)23-8-10-26-11-9-23/h15-17H,5-14H2,1-4H3,(H,20,21)(H,22,25). The quantitative estimate of drug-likeness (QED) is 0.507. The zero-order valence-corrected chi connectivity index (χ0v) is 17.4. The van der Waals surface area contributed by atoms with Crippen molar-refractivity contribution in [3.63, 3.8) is 0 Å². The molecule has 8 nitrogen and oxygen atoms in total. The maximum absolute atomic E-state index is 11.8. The first kappa shape index (κ1) is 21.8. The molecule has 0 aromatic heterocycles. The molecule has 27 heavy (non-hydrogen) atoms. The van der Waals surface area contributed by atoms with E-state index in [0.717, 1.165) is 58.2 Å². The molecule has 2 unspecified atom stereocenters. The number of hydrogen-bond acceptors (Lipinski definition) is 5. The van der Waals surface area contributed by atoms with Crippen LogP contribution in [0.5, 0.6) is 0 Å². The van der Waals surface area contributed by atoms with Gasteiger partial charge in [0.2, 0.25) is 0 Å². The lowest BCUT2D eigenvalue weighted by Crippen LogP contribution is -2.50. The largest absolute Gasteiger partial charge is 0.450 e. The highest BCUT2D eigenvalue weighted by Crippen LogP contribution is 2.17. The predicted octanol–water partition coefficient (Wildman–Crippen LogP) is 1.13. The Bertz CT molecular complexity index is 480. The third-order valence-electron chi connectivity index (χ3n) is 5.10. The van der Waals surface area contributed by atoms with Crippen LogP contribution in [0.4, 0.5) is 4.79 Å². The van der Waals surface area contributed by atoms with Gasteiger partial charge in [0.15, 0.2) is 5.96 Å². The van der Waals surface area contributed by atoms with Crippen LogP contribution in [0.3, 0.4) is 0 Å². The van der Waals surface area contributed by atoms with E-state index in [1.807, 2.05) is 14.0 Å². The number of carbonyl (C=O) groups excluding carboxylic acids is 1. The van der Waals surface area contributed by atoms with Gasteiger partial charge < -0.3 is 25.0 Å². The van der Waals surface area contributed by atoms with Crippen molar-refractivity contribution >= 4 is 12.1 Å². The van der Waals surface area contributed by atoms with Gasteiger partial charge in [-0.25, -0.2) is 4.79 Å². The number of nitrogens with zero attached hydrogens (tertiary/aromatic N) is 3. The monoisotopic (exact) mass is 383 g/mol. The first-order valence-electron chi connectivity index (χ1n) is 10.2. The van der Waals surface area contributed by atoms with Gasteiger partial charge in [-0.05, 0) is 25.7 Å². The number of nitrogens with one attached hydrogen (secondary N) is 2. The van der Waals surface area contributed by atoms with Crippen LogP contribution in [0, 0.1) is 5.92 Å². The van der Waals surface area contributed by atoms with Crippen LogP contribution in [-0.2, 0) is 9.47 Å². The van der Waals surface area contributed by atoms with E-state index in [1.165, 1.54) is 0 Å². The topological polar surface area (TPSA) is 78.4 Å². The molecule has 2 saturated heterocycles. The second-order valence-corrected chi connectivity index (χ2v) is 7.66. The minimum Gasteiger partial charge on any atom is -0.450 e. The van der Waals surface area contributed by atoms with Gasteiger partial charge in [0.1, 0.15) is 0 Å². The molecule has 2 heterocycles. The molecule has 0 saturated carbocycles. The van der Waals surface area contributed by atoms with Crippen molar-refractivity contribution in [1.82, 2.24) is 20.4 Å². The van der Waals surface area contributed by atoms with Gasteiger partial charge in [-0.15, -0.1) is 0 Å². The van der Waals surface area contributed by atoms with Crippen LogP contribution in [0.25, 0.3) is 0 Å². The number of hydrogen-bond donors (Lipinski definition) is 2. The zero-order chi connectivity index (χ0) is 19.6. The van der Waals surface area contributed by atoms with E-state index in [4.69, 9.17) is 9.47 Å². The van der Waals surface area contributed by atoms with Gasteiger partial charge in [-0.2, -0.15) is 0 Å². The van der Waals surface area contributed by atoms with E-state index < -0.39 is 0 Å². The number of carbonyl (C=O) groups is 1. The molecule has 156 valence electrons. The van der Waals surface area contributed by atoms with Crippen LogP contribution in [-0.4, -0.2) is 93.5 Å². The second-order valence-electron chi connectivity index (χ2n) is 7.66. The Balaban J connectivity index is 1.84. The molecule has 2 aliphatic rings. The van der Waals surface area contributed by atoms with Gasteiger partial charge in [-0.1, -0.05) is 13.8 Å². The van der Waals surface area contributed by atoms with Gasteiger partial charge >= 0.3 is 6.09 Å². The molecule has 0 radical (unpaired) electrons. The van der Waals surface area contributed by atoms with Gasteiger partial charge in [0.25, 0.3) is 0 Å². The van der Waals surface area contributed by atoms with E-state index in [-0.39, 0.29) is 12.1 Å². The highest BCUT2D eigenvalue weighted by Gasteiger charge is 2.30. The van der Waals surface area contributed by atoms with Crippen LogP contribution in [0.1, 0.15) is 33.6 Å². The minimum atomic E-state index is -0.353. The van der Waals surface area contributed by atoms with Crippen molar-refractivity contribution in [1.29, 1.82) is 0 Å². The number of amides is 1. The Morgan fingerprint density at radius 3 is 2.67 bits per heavy atom. The molecule has 2 N–H and O–H groups in total. The first-order chi connectivity index (χ1) is 13.0. The number of morpholine rings is 1. The lowest BCUT2D eigenvalue weighted by Gasteiger charge is -2.32. The van der Waals surface area contributed by atoms with Crippen LogP contribution >= 0.6 is 0 Å². The first-order valence-corrected chi connectivity index (χ1v) is 10.2. The van der Waals surface area contributed by atoms with E-state index in [2.05, 4.69) is 39.3 Å². The number of alkyl carbamates (subject to hydrolysis) is 1. The Hall–Kier alpha value is -1.54. The molecule has 2 atom stereocenters. The van der Waals surface area contributed by atoms with Crippen molar-refractivity contribution in [3.8, 4) is 0 Å². The molecule has 0 aromatic rings. The lowest BCUT2D eigenvalue weighted by atomic mass is 10.0. The summed E-state index contributed by atoms with van der Waals surface area (Å²) in [5.74, 6) is 1.39. The van der Waals surface area contributed by atoms with E-state index in [0.29, 0.717) is 25.1 Å². The number of rotatable bonds is 7. The Morgan fingerprint density at radius 1 is 1.30 bits per heavy atom. The fraction of sp³-hybridized carbons (Fsp3) is 0.895. The summed E-state index contributed by atoms with van der Waals surface area (Å²) < 4.78 is 10.5. The average molecular weight is 384 g/mol. The number of guanidine groups is 1. The fourth-order valence-electron chi connectivity index (χ4n) is 3.82. The molecule has 2 rings (SSSR count). The minimum absolute atomic E-state index is 0.0124. The van der Waals surface area contributed by atoms with Crippen molar-refractivity contribution in [2.24, 2.45) is 10.9 Å². The molecular weight excluding hydrogens is 346 g/mol. The maximum Gasteiger partial charge on any atom is 0.407 e. The van der Waals surface area contributed by atoms with Crippen molar-refractivity contribution in [3.05, 3.63) is 0 Å². The molecular formula is C19H37N5O3. The Labute approximate surface area is 163 Å². The number of aliphatic imine (C=N–C) groups is 1. The highest BCUT2D eigenvalue weighted by atomic mass is 16.5. The van der Waals surface area contributed by atoms with Crippen molar-refractivity contribution in [2.45, 2.75) is 45.7 Å². The van der Waals surface area contributed by atoms with E-state index in [9.17, 15) is 4.79 Å². The molecule has 8 heteroatoms. The summed E-state index contributed by atoms with van der Waals surface area (Å²) in [6.07, 6.45) is 1.68. The SMILES string of the molecule is CCOC(=O)NC(CNC(=NC)N1CCC(N2CCOCC2)C1)CC(C)C. The Morgan fingerprint density at radius 2 is 2.04 bits per heavy atom. The summed E-state index contributed by atoms with van der Waals surface area (Å²) in [6, 6.07) is 0.579. The van der Waals surface area contributed by atoms with Crippen LogP contribution in [0.15, 0.2) is 4.99 Å². The summed E-state index contributed by atoms with van der Waals surface area (Å²) in [5.41, 5.74) is 0. The number of ether oxygens (including phenoxy) is 2. The molecule has 0 bridgehead atoms. The van der Waals surface area contributed by atoms with Crippen LogP contribution in [0.2, 0.25) is 0 Å². The van der Waals surface area contributed by atoms with Crippen molar-refractivity contribution in [2.75, 3.05) is 59.6 Å². The van der Waals surface area contributed by atoms with Gasteiger partial charge in [0, 0.05) is 51.9 Å². The summed E-state index contributed by atoms with van der Waals surface area (Å²) >= 11 is 0. The van der Waals surface area contributed by atoms with Crippen LogP contribution < -0.4 is 10.6 Å². The van der Waals surface area contributed by atoms with Gasteiger partial charge in [-0.3, -0.25) is 9.89 Å². The molecule has 2 aliphatic heterocycles. The Kier molecular flexibility index (Phi) is 9.14. The summed E-state index contributed by atoms with van der Waals surface area (Å²) in [6.45, 7) is 12.8. The fourth-order valence-corrected chi connectivity index (χ4v) is 3.82. The summed E-state index contributed by atoms with van der Waals surface area (Å²) in [5, 5.41) is 6.41. The highest BCUT2D eigenvalue weighted by molar-refractivity contribution is 5.80. The van der Waals surface area contributed by atoms with E-state index >= 15 is 0 Å². The van der Waals surface area contributed by atoms with Gasteiger partial charge in [0.05, 0.1) is 19.8 Å². The third kappa shape index (κ3) is 7.18. The molecule has 2 fully saturated rings. The van der Waals surface area contributed by atoms with E-state index in [1.54, 1.807) is 0 Å². The maximum atomic E-state index is 11.8. The summed E-state index contributed by atoms with van der Waals surface area (Å²) in [7, 11) is 1.82. The second kappa shape index (κ2) is 11.3. The predicted molar refractivity (Wildman–Crippen MR) is 107 cm³/mol. The lowest BCUT2D eigenvalue weighted by molar-refractivity contribution is 0.0195. The number of likely N-dealkylation sites (tertiary alicyclic amines) is 1. The summed E-state index contributed by atoms with van der Waals surface area (Å²) in [4.78, 5) is 21.1. The molecule has 0 aliphatic carbocycles. The average Bonchev–Trinajstić information content (AvgIpc) is 3.12. The molecule has 0 spiro atoms. The van der Waals surface area contributed by atoms with Crippen molar-refractivity contribution < 1.29 is 14.3 Å². The normalized spacial score (nSPS) is 22.8. The smallest absolute Gasteiger partial charge is 0.407 e. The zero-order valence-electron chi connectivity index (χ0n) is 17.4.